The highest BCUT2D eigenvalue weighted by molar-refractivity contribution is 6.35. The number of fused-ring (bicyclic) bond motifs is 1. The molecule has 34 heavy (non-hydrogen) atoms. The van der Waals surface area contributed by atoms with Gasteiger partial charge in [0.2, 0.25) is 0 Å². The molecule has 0 N–H and O–H groups in total. The van der Waals surface area contributed by atoms with Crippen LogP contribution in [0.15, 0.2) is 54.6 Å². The number of alkyl halides is 3. The lowest BCUT2D eigenvalue weighted by atomic mass is 9.86. The molecule has 3 aromatic carbocycles. The summed E-state index contributed by atoms with van der Waals surface area (Å²) in [6.07, 6.45) is -4.05. The van der Waals surface area contributed by atoms with Gasteiger partial charge in [-0.05, 0) is 65.6 Å². The smallest absolute Gasteiger partial charge is 0.416 e. The molecule has 4 nitrogen and oxygen atoms in total. The fourth-order valence-electron chi connectivity index (χ4n) is 4.25. The molecule has 0 bridgehead atoms. The third-order valence-electron chi connectivity index (χ3n) is 5.77. The number of halogens is 5. The maximum Gasteiger partial charge on any atom is 0.416 e. The van der Waals surface area contributed by atoms with Crippen molar-refractivity contribution in [2.75, 3.05) is 20.8 Å². The van der Waals surface area contributed by atoms with Crippen LogP contribution in [-0.4, -0.2) is 31.6 Å². The molecule has 0 unspecified atom stereocenters. The van der Waals surface area contributed by atoms with Gasteiger partial charge in [0.1, 0.15) is 0 Å². The van der Waals surface area contributed by atoms with Crippen molar-refractivity contribution in [2.24, 2.45) is 0 Å². The summed E-state index contributed by atoms with van der Waals surface area (Å²) in [4.78, 5) is 15.1. The monoisotopic (exact) mass is 509 g/mol. The SMILES string of the molecule is COc1cc2c(cc1OC)[C@H](c1cccc(C(F)(F)F)c1)N(C(=O)c1cc(Cl)cc(Cl)c1)CC2. The minimum atomic E-state index is -4.53. The minimum absolute atomic E-state index is 0.249. The first kappa shape index (κ1) is 24.2. The fraction of sp³-hybridized carbons (Fsp3) is 0.240. The number of benzene rings is 3. The van der Waals surface area contributed by atoms with Crippen LogP contribution in [0.25, 0.3) is 0 Å². The molecule has 0 aromatic heterocycles. The molecule has 1 aliphatic rings. The third kappa shape index (κ3) is 4.68. The van der Waals surface area contributed by atoms with Crippen molar-refractivity contribution in [2.45, 2.75) is 18.6 Å². The van der Waals surface area contributed by atoms with Crippen molar-refractivity contribution in [3.05, 3.63) is 92.5 Å². The van der Waals surface area contributed by atoms with Crippen LogP contribution in [0.1, 0.15) is 38.7 Å². The zero-order chi connectivity index (χ0) is 24.6. The summed E-state index contributed by atoms with van der Waals surface area (Å²) in [5.74, 6) is 0.524. The molecular formula is C25H20Cl2F3NO3. The predicted octanol–water partition coefficient (Wildman–Crippen LogP) is 6.82. The van der Waals surface area contributed by atoms with Gasteiger partial charge in [-0.3, -0.25) is 4.79 Å². The molecule has 0 saturated heterocycles. The Labute approximate surface area is 204 Å². The topological polar surface area (TPSA) is 38.8 Å². The van der Waals surface area contributed by atoms with Gasteiger partial charge in [-0.1, -0.05) is 35.3 Å². The summed E-state index contributed by atoms with van der Waals surface area (Å²) >= 11 is 12.2. The standard InChI is InChI=1S/C25H20Cl2F3NO3/c1-33-21-11-14-6-7-31(24(32)16-9-18(26)12-19(27)10-16)23(20(14)13-22(21)34-2)15-4-3-5-17(8-15)25(28,29)30/h3-5,8-13,23H,6-7H2,1-2H3/t23-/m0/s1. The Hall–Kier alpha value is -2.90. The molecular weight excluding hydrogens is 490 g/mol. The number of amides is 1. The maximum atomic E-state index is 13.6. The molecule has 3 aromatic rings. The first-order chi connectivity index (χ1) is 16.1. The van der Waals surface area contributed by atoms with E-state index in [2.05, 4.69) is 0 Å². The highest BCUT2D eigenvalue weighted by Crippen LogP contribution is 2.43. The number of rotatable bonds is 4. The van der Waals surface area contributed by atoms with Crippen molar-refractivity contribution in [3.8, 4) is 11.5 Å². The van der Waals surface area contributed by atoms with E-state index in [-0.39, 0.29) is 22.2 Å². The third-order valence-corrected chi connectivity index (χ3v) is 6.21. The molecule has 0 saturated carbocycles. The van der Waals surface area contributed by atoms with Gasteiger partial charge in [0.25, 0.3) is 5.91 Å². The van der Waals surface area contributed by atoms with Crippen molar-refractivity contribution in [1.29, 1.82) is 0 Å². The minimum Gasteiger partial charge on any atom is -0.493 e. The van der Waals surface area contributed by atoms with Crippen LogP contribution in [-0.2, 0) is 12.6 Å². The number of methoxy groups -OCH3 is 2. The van der Waals surface area contributed by atoms with Gasteiger partial charge >= 0.3 is 6.18 Å². The molecule has 0 fully saturated rings. The Kier molecular flexibility index (Phi) is 6.69. The van der Waals surface area contributed by atoms with Gasteiger partial charge in [-0.2, -0.15) is 13.2 Å². The van der Waals surface area contributed by atoms with E-state index in [0.717, 1.165) is 17.7 Å². The largest absolute Gasteiger partial charge is 0.493 e. The van der Waals surface area contributed by atoms with Crippen LogP contribution in [0.2, 0.25) is 10.0 Å². The van der Waals surface area contributed by atoms with E-state index in [9.17, 15) is 18.0 Å². The Bertz CT molecular complexity index is 1230. The van der Waals surface area contributed by atoms with Crippen molar-refractivity contribution < 1.29 is 27.4 Å². The molecule has 1 heterocycles. The Morgan fingerprint density at radius 3 is 2.24 bits per heavy atom. The van der Waals surface area contributed by atoms with Gasteiger partial charge in [0.15, 0.2) is 11.5 Å². The van der Waals surface area contributed by atoms with Crippen LogP contribution < -0.4 is 9.47 Å². The first-order valence-corrected chi connectivity index (χ1v) is 11.1. The second-order valence-electron chi connectivity index (χ2n) is 7.84. The maximum absolute atomic E-state index is 13.6. The van der Waals surface area contributed by atoms with Crippen molar-refractivity contribution in [1.82, 2.24) is 4.90 Å². The average Bonchev–Trinajstić information content (AvgIpc) is 2.80. The van der Waals surface area contributed by atoms with Gasteiger partial charge in [0.05, 0.1) is 25.8 Å². The Morgan fingerprint density at radius 2 is 1.62 bits per heavy atom. The van der Waals surface area contributed by atoms with Crippen LogP contribution in [0.4, 0.5) is 13.2 Å². The lowest BCUT2D eigenvalue weighted by Gasteiger charge is -2.38. The number of hydrogen-bond donors (Lipinski definition) is 0. The van der Waals surface area contributed by atoms with Crippen molar-refractivity contribution >= 4 is 29.1 Å². The van der Waals surface area contributed by atoms with E-state index in [1.54, 1.807) is 18.2 Å². The summed E-state index contributed by atoms with van der Waals surface area (Å²) in [6, 6.07) is 12.2. The van der Waals surface area contributed by atoms with E-state index in [1.807, 2.05) is 0 Å². The van der Waals surface area contributed by atoms with Crippen LogP contribution in [0.5, 0.6) is 11.5 Å². The molecule has 0 radical (unpaired) electrons. The predicted molar refractivity (Wildman–Crippen MR) is 124 cm³/mol. The quantitative estimate of drug-likeness (QED) is 0.387. The van der Waals surface area contributed by atoms with Crippen LogP contribution in [0.3, 0.4) is 0 Å². The Morgan fingerprint density at radius 1 is 0.971 bits per heavy atom. The number of carbonyl (C=O) groups excluding carboxylic acids is 1. The Balaban J connectivity index is 1.90. The van der Waals surface area contributed by atoms with E-state index >= 15 is 0 Å². The number of nitrogens with zero attached hydrogens (tertiary/aromatic N) is 1. The van der Waals surface area contributed by atoms with Crippen LogP contribution in [0, 0.1) is 0 Å². The number of carbonyl (C=O) groups is 1. The van der Waals surface area contributed by atoms with Crippen molar-refractivity contribution in [3.63, 3.8) is 0 Å². The molecule has 178 valence electrons. The lowest BCUT2D eigenvalue weighted by Crippen LogP contribution is -2.40. The van der Waals surface area contributed by atoms with Gasteiger partial charge in [0, 0.05) is 22.2 Å². The van der Waals surface area contributed by atoms with Gasteiger partial charge in [-0.15, -0.1) is 0 Å². The highest BCUT2D eigenvalue weighted by atomic mass is 35.5. The van der Waals surface area contributed by atoms with Crippen LogP contribution >= 0.6 is 23.2 Å². The van der Waals surface area contributed by atoms with E-state index in [0.29, 0.717) is 29.0 Å². The summed E-state index contributed by atoms with van der Waals surface area (Å²) in [5, 5.41) is 0.575. The number of ether oxygens (including phenoxy) is 2. The lowest BCUT2D eigenvalue weighted by molar-refractivity contribution is -0.137. The first-order valence-electron chi connectivity index (χ1n) is 10.3. The van der Waals surface area contributed by atoms with E-state index in [1.165, 1.54) is 43.4 Å². The fourth-order valence-corrected chi connectivity index (χ4v) is 4.78. The second-order valence-corrected chi connectivity index (χ2v) is 8.71. The average molecular weight is 510 g/mol. The molecule has 0 aliphatic carbocycles. The highest BCUT2D eigenvalue weighted by Gasteiger charge is 2.36. The zero-order valence-corrected chi connectivity index (χ0v) is 19.8. The van der Waals surface area contributed by atoms with Gasteiger partial charge < -0.3 is 14.4 Å². The summed E-state index contributed by atoms with van der Waals surface area (Å²) in [6.45, 7) is 0.270. The molecule has 0 spiro atoms. The number of hydrogen-bond acceptors (Lipinski definition) is 3. The molecule has 1 atom stereocenters. The summed E-state index contributed by atoms with van der Waals surface area (Å²) < 4.78 is 51.4. The molecule has 1 aliphatic heterocycles. The summed E-state index contributed by atoms with van der Waals surface area (Å²) in [5.41, 5.74) is 1.29. The van der Waals surface area contributed by atoms with E-state index < -0.39 is 23.7 Å². The molecule has 9 heteroatoms. The summed E-state index contributed by atoms with van der Waals surface area (Å²) in [7, 11) is 2.99. The second kappa shape index (κ2) is 9.39. The normalized spacial score (nSPS) is 15.6. The zero-order valence-electron chi connectivity index (χ0n) is 18.2. The molecule has 1 amide bonds. The van der Waals surface area contributed by atoms with Gasteiger partial charge in [-0.25, -0.2) is 0 Å². The molecule has 4 rings (SSSR count). The van der Waals surface area contributed by atoms with E-state index in [4.69, 9.17) is 32.7 Å².